The smallest absolute Gasteiger partial charge is 0.257 e. The van der Waals surface area contributed by atoms with Crippen LogP contribution in [0.25, 0.3) is 0 Å². The fourth-order valence-corrected chi connectivity index (χ4v) is 2.55. The molecule has 0 bridgehead atoms. The van der Waals surface area contributed by atoms with Crippen molar-refractivity contribution in [2.75, 3.05) is 19.0 Å². The van der Waals surface area contributed by atoms with E-state index in [4.69, 9.17) is 16.3 Å². The van der Waals surface area contributed by atoms with Crippen LogP contribution in [0.2, 0.25) is 0 Å². The molecule has 0 aromatic heterocycles. The summed E-state index contributed by atoms with van der Waals surface area (Å²) < 4.78 is 18.7. The molecule has 1 amide bonds. The maximum absolute atomic E-state index is 13.0. The Bertz CT molecular complexity index is 521. The van der Waals surface area contributed by atoms with Crippen molar-refractivity contribution >= 4 is 17.5 Å². The van der Waals surface area contributed by atoms with Gasteiger partial charge in [0, 0.05) is 19.2 Å². The van der Waals surface area contributed by atoms with Crippen LogP contribution < -0.4 is 0 Å². The van der Waals surface area contributed by atoms with E-state index in [-0.39, 0.29) is 29.2 Å². The highest BCUT2D eigenvalue weighted by Gasteiger charge is 2.36. The van der Waals surface area contributed by atoms with E-state index in [9.17, 15) is 14.3 Å². The Morgan fingerprint density at radius 3 is 2.90 bits per heavy atom. The molecule has 1 heterocycles. The number of carbonyl (C=O) groups is 1. The zero-order chi connectivity index (χ0) is 14.9. The molecule has 0 spiro atoms. The van der Waals surface area contributed by atoms with Gasteiger partial charge in [0.05, 0.1) is 23.1 Å². The molecule has 0 radical (unpaired) electrons. The first kappa shape index (κ1) is 15.1. The maximum atomic E-state index is 13.0. The highest BCUT2D eigenvalue weighted by molar-refractivity contribution is 6.18. The first-order valence-electron chi connectivity index (χ1n) is 6.34. The van der Waals surface area contributed by atoms with E-state index in [1.807, 2.05) is 13.8 Å². The topological polar surface area (TPSA) is 49.8 Å². The molecule has 1 atom stereocenters. The predicted octanol–water partition coefficient (Wildman–Crippen LogP) is 2.39. The number of hydrogen-bond acceptors (Lipinski definition) is 3. The minimum Gasteiger partial charge on any atom is -0.507 e. The van der Waals surface area contributed by atoms with Crippen LogP contribution in [0.15, 0.2) is 18.2 Å². The Morgan fingerprint density at radius 2 is 2.30 bits per heavy atom. The number of amides is 1. The number of ether oxygens (including phenoxy) is 1. The lowest BCUT2D eigenvalue weighted by Crippen LogP contribution is -2.55. The number of phenols is 1. The Labute approximate surface area is 122 Å². The largest absolute Gasteiger partial charge is 0.507 e. The highest BCUT2D eigenvalue weighted by Crippen LogP contribution is 2.26. The Balaban J connectivity index is 2.23. The van der Waals surface area contributed by atoms with E-state index in [2.05, 4.69) is 0 Å². The lowest BCUT2D eigenvalue weighted by Gasteiger charge is -2.42. The number of aromatic hydroxyl groups is 1. The van der Waals surface area contributed by atoms with Gasteiger partial charge in [-0.05, 0) is 26.0 Å². The van der Waals surface area contributed by atoms with Gasteiger partial charge in [0.15, 0.2) is 0 Å². The number of morpholine rings is 1. The number of rotatable bonds is 2. The number of hydrogen-bond donors (Lipinski definition) is 1. The predicted molar refractivity (Wildman–Crippen MR) is 73.6 cm³/mol. The number of nitrogens with zero attached hydrogens (tertiary/aromatic N) is 1. The van der Waals surface area contributed by atoms with Crippen molar-refractivity contribution < 1.29 is 19.0 Å². The lowest BCUT2D eigenvalue weighted by molar-refractivity contribution is -0.117. The van der Waals surface area contributed by atoms with E-state index in [1.165, 1.54) is 6.07 Å². The van der Waals surface area contributed by atoms with Crippen molar-refractivity contribution in [2.24, 2.45) is 0 Å². The molecule has 1 N–H and O–H groups in total. The summed E-state index contributed by atoms with van der Waals surface area (Å²) in [4.78, 5) is 14.0. The molecule has 1 aliphatic heterocycles. The highest BCUT2D eigenvalue weighted by atomic mass is 35.5. The second-order valence-electron chi connectivity index (χ2n) is 5.50. The van der Waals surface area contributed by atoms with Crippen LogP contribution in [0.3, 0.4) is 0 Å². The second kappa shape index (κ2) is 5.58. The van der Waals surface area contributed by atoms with Gasteiger partial charge < -0.3 is 14.7 Å². The number of carbonyl (C=O) groups excluding carboxylic acids is 1. The average molecular weight is 302 g/mol. The molecule has 1 aromatic carbocycles. The molecule has 1 aliphatic rings. The van der Waals surface area contributed by atoms with Gasteiger partial charge in [-0.3, -0.25) is 4.79 Å². The number of alkyl halides is 1. The summed E-state index contributed by atoms with van der Waals surface area (Å²) in [6.45, 7) is 4.48. The van der Waals surface area contributed by atoms with E-state index < -0.39 is 11.4 Å². The third-order valence-corrected chi connectivity index (χ3v) is 3.48. The zero-order valence-corrected chi connectivity index (χ0v) is 12.2. The van der Waals surface area contributed by atoms with Crippen LogP contribution in [0, 0.1) is 5.82 Å². The molecular formula is C14H17ClFNO3. The van der Waals surface area contributed by atoms with E-state index >= 15 is 0 Å². The van der Waals surface area contributed by atoms with Crippen molar-refractivity contribution in [2.45, 2.75) is 25.6 Å². The molecule has 6 heteroatoms. The van der Waals surface area contributed by atoms with Crippen LogP contribution in [0.5, 0.6) is 5.75 Å². The molecule has 4 nitrogen and oxygen atoms in total. The fourth-order valence-electron chi connectivity index (χ4n) is 2.39. The number of benzene rings is 1. The third-order valence-electron chi connectivity index (χ3n) is 3.13. The standard InChI is InChI=1S/C14H17ClFNO3/c1-14(2)8-17(7-10(6-15)20-14)13(19)11-4-3-9(16)5-12(11)18/h3-5,10,18H,6-8H2,1-2H3. The van der Waals surface area contributed by atoms with Gasteiger partial charge in [0.25, 0.3) is 5.91 Å². The van der Waals surface area contributed by atoms with Crippen LogP contribution in [0.1, 0.15) is 24.2 Å². The summed E-state index contributed by atoms with van der Waals surface area (Å²) in [5.74, 6) is -1.02. The van der Waals surface area contributed by atoms with Gasteiger partial charge >= 0.3 is 0 Å². The van der Waals surface area contributed by atoms with Crippen molar-refractivity contribution in [1.29, 1.82) is 0 Å². The minimum atomic E-state index is -0.583. The van der Waals surface area contributed by atoms with Crippen molar-refractivity contribution in [3.63, 3.8) is 0 Å². The van der Waals surface area contributed by atoms with Crippen molar-refractivity contribution in [3.05, 3.63) is 29.6 Å². The third kappa shape index (κ3) is 3.22. The molecule has 0 aliphatic carbocycles. The number of phenolic OH excluding ortho intramolecular Hbond substituents is 1. The average Bonchev–Trinajstić information content (AvgIpc) is 2.36. The van der Waals surface area contributed by atoms with Crippen LogP contribution in [-0.2, 0) is 4.74 Å². The molecule has 1 aromatic rings. The van der Waals surface area contributed by atoms with Crippen molar-refractivity contribution in [1.82, 2.24) is 4.90 Å². The monoisotopic (exact) mass is 301 g/mol. The molecular weight excluding hydrogens is 285 g/mol. The van der Waals surface area contributed by atoms with Gasteiger partial charge in [-0.15, -0.1) is 11.6 Å². The fraction of sp³-hybridized carbons (Fsp3) is 0.500. The molecule has 1 saturated heterocycles. The van der Waals surface area contributed by atoms with Crippen LogP contribution in [-0.4, -0.2) is 46.6 Å². The van der Waals surface area contributed by atoms with E-state index in [0.717, 1.165) is 12.1 Å². The second-order valence-corrected chi connectivity index (χ2v) is 5.81. The molecule has 1 fully saturated rings. The first-order valence-corrected chi connectivity index (χ1v) is 6.87. The Hall–Kier alpha value is -1.33. The quantitative estimate of drug-likeness (QED) is 0.853. The molecule has 110 valence electrons. The summed E-state index contributed by atoms with van der Waals surface area (Å²) in [7, 11) is 0. The van der Waals surface area contributed by atoms with Crippen LogP contribution in [0.4, 0.5) is 4.39 Å². The van der Waals surface area contributed by atoms with Gasteiger partial charge in [0.2, 0.25) is 0 Å². The Kier molecular flexibility index (Phi) is 4.20. The minimum absolute atomic E-state index is 0.0809. The summed E-state index contributed by atoms with van der Waals surface area (Å²) >= 11 is 5.81. The Morgan fingerprint density at radius 1 is 1.60 bits per heavy atom. The normalized spacial score (nSPS) is 21.8. The van der Waals surface area contributed by atoms with E-state index in [0.29, 0.717) is 13.1 Å². The summed E-state index contributed by atoms with van der Waals surface area (Å²) in [6, 6.07) is 3.36. The van der Waals surface area contributed by atoms with Gasteiger partial charge in [-0.1, -0.05) is 0 Å². The maximum Gasteiger partial charge on any atom is 0.257 e. The molecule has 20 heavy (non-hydrogen) atoms. The molecule has 0 saturated carbocycles. The summed E-state index contributed by atoms with van der Waals surface area (Å²) in [5, 5.41) is 9.70. The van der Waals surface area contributed by atoms with Gasteiger partial charge in [-0.25, -0.2) is 4.39 Å². The molecule has 1 unspecified atom stereocenters. The lowest BCUT2D eigenvalue weighted by atomic mass is 10.0. The molecule has 2 rings (SSSR count). The van der Waals surface area contributed by atoms with Gasteiger partial charge in [-0.2, -0.15) is 0 Å². The summed E-state index contributed by atoms with van der Waals surface area (Å²) in [6.07, 6.45) is -0.257. The first-order chi connectivity index (χ1) is 9.32. The van der Waals surface area contributed by atoms with Crippen molar-refractivity contribution in [3.8, 4) is 5.75 Å². The van der Waals surface area contributed by atoms with Gasteiger partial charge in [0.1, 0.15) is 11.6 Å². The van der Waals surface area contributed by atoms with E-state index in [1.54, 1.807) is 4.90 Å². The summed E-state index contributed by atoms with van der Waals surface area (Å²) in [5.41, 5.74) is -0.430. The van der Waals surface area contributed by atoms with Crippen LogP contribution >= 0.6 is 11.6 Å². The zero-order valence-electron chi connectivity index (χ0n) is 11.4. The number of halogens is 2. The SMILES string of the molecule is CC1(C)CN(C(=O)c2ccc(F)cc2O)CC(CCl)O1.